The summed E-state index contributed by atoms with van der Waals surface area (Å²) in [5, 5.41) is 3.04. The second-order valence-corrected chi connectivity index (χ2v) is 5.49. The molecule has 3 nitrogen and oxygen atoms in total. The Morgan fingerprint density at radius 3 is 2.33 bits per heavy atom. The van der Waals surface area contributed by atoms with E-state index in [0.717, 1.165) is 5.56 Å². The molecule has 1 atom stereocenters. The Balaban J connectivity index is 2.64. The summed E-state index contributed by atoms with van der Waals surface area (Å²) in [6.45, 7) is 8.61. The van der Waals surface area contributed by atoms with E-state index in [2.05, 4.69) is 19.2 Å². The number of aryl methyl sites for hydroxylation is 1. The first-order valence-corrected chi connectivity index (χ1v) is 6.44. The third kappa shape index (κ3) is 3.84. The Morgan fingerprint density at radius 1 is 1.33 bits per heavy atom. The van der Waals surface area contributed by atoms with Crippen molar-refractivity contribution in [2.45, 2.75) is 39.7 Å². The Kier molecular flexibility index (Phi) is 4.91. The Hall–Kier alpha value is -1.35. The highest BCUT2D eigenvalue weighted by atomic mass is 16.1. The van der Waals surface area contributed by atoms with Gasteiger partial charge in [-0.2, -0.15) is 0 Å². The highest BCUT2D eigenvalue weighted by molar-refractivity contribution is 5.79. The standard InChI is InChI=1S/C15H24N2O/c1-11(2)15(4,10-16)17-14(18)9-13-7-5-12(3)6-8-13/h5-8,11H,9-10,16H2,1-4H3,(H,17,18). The fraction of sp³-hybridized carbons (Fsp3) is 0.533. The van der Waals surface area contributed by atoms with Crippen LogP contribution in [-0.4, -0.2) is 18.0 Å². The summed E-state index contributed by atoms with van der Waals surface area (Å²) in [4.78, 5) is 12.0. The minimum Gasteiger partial charge on any atom is -0.349 e. The summed E-state index contributed by atoms with van der Waals surface area (Å²) in [7, 11) is 0. The van der Waals surface area contributed by atoms with Crippen molar-refractivity contribution in [2.75, 3.05) is 6.54 Å². The van der Waals surface area contributed by atoms with Crippen LogP contribution in [0.3, 0.4) is 0 Å². The molecule has 1 aromatic rings. The largest absolute Gasteiger partial charge is 0.349 e. The van der Waals surface area contributed by atoms with Crippen LogP contribution in [-0.2, 0) is 11.2 Å². The van der Waals surface area contributed by atoms with E-state index in [1.165, 1.54) is 5.56 Å². The number of carbonyl (C=O) groups excluding carboxylic acids is 1. The average molecular weight is 248 g/mol. The maximum atomic E-state index is 12.0. The molecule has 0 saturated heterocycles. The highest BCUT2D eigenvalue weighted by Crippen LogP contribution is 2.15. The van der Waals surface area contributed by atoms with Gasteiger partial charge in [0.05, 0.1) is 12.0 Å². The highest BCUT2D eigenvalue weighted by Gasteiger charge is 2.28. The number of nitrogens with one attached hydrogen (secondary N) is 1. The minimum atomic E-state index is -0.332. The topological polar surface area (TPSA) is 55.1 Å². The van der Waals surface area contributed by atoms with Gasteiger partial charge in [0.25, 0.3) is 0 Å². The van der Waals surface area contributed by atoms with Crippen LogP contribution in [0.4, 0.5) is 0 Å². The third-order valence-corrected chi connectivity index (χ3v) is 3.61. The van der Waals surface area contributed by atoms with Crippen molar-refractivity contribution in [1.29, 1.82) is 0 Å². The van der Waals surface area contributed by atoms with Crippen LogP contribution in [0.1, 0.15) is 31.9 Å². The van der Waals surface area contributed by atoms with Crippen molar-refractivity contribution in [3.05, 3.63) is 35.4 Å². The lowest BCUT2D eigenvalue weighted by molar-refractivity contribution is -0.122. The van der Waals surface area contributed by atoms with Gasteiger partial charge >= 0.3 is 0 Å². The molecule has 1 amide bonds. The molecule has 18 heavy (non-hydrogen) atoms. The van der Waals surface area contributed by atoms with Crippen molar-refractivity contribution < 1.29 is 4.79 Å². The number of carbonyl (C=O) groups is 1. The zero-order chi connectivity index (χ0) is 13.8. The average Bonchev–Trinajstić information content (AvgIpc) is 2.31. The lowest BCUT2D eigenvalue weighted by Gasteiger charge is -2.33. The molecule has 1 aromatic carbocycles. The van der Waals surface area contributed by atoms with E-state index in [-0.39, 0.29) is 11.4 Å². The molecule has 0 aliphatic heterocycles. The number of hydrogen-bond acceptors (Lipinski definition) is 2. The van der Waals surface area contributed by atoms with E-state index < -0.39 is 0 Å². The van der Waals surface area contributed by atoms with Crippen molar-refractivity contribution >= 4 is 5.91 Å². The van der Waals surface area contributed by atoms with Crippen LogP contribution in [0.5, 0.6) is 0 Å². The minimum absolute atomic E-state index is 0.0282. The quantitative estimate of drug-likeness (QED) is 0.837. The molecule has 0 aliphatic rings. The monoisotopic (exact) mass is 248 g/mol. The van der Waals surface area contributed by atoms with Gasteiger partial charge in [-0.05, 0) is 25.3 Å². The lowest BCUT2D eigenvalue weighted by Crippen LogP contribution is -2.55. The van der Waals surface area contributed by atoms with Crippen molar-refractivity contribution in [3.8, 4) is 0 Å². The molecule has 0 fully saturated rings. The van der Waals surface area contributed by atoms with Gasteiger partial charge in [-0.1, -0.05) is 43.7 Å². The number of hydrogen-bond donors (Lipinski definition) is 2. The normalized spacial score (nSPS) is 14.3. The van der Waals surface area contributed by atoms with Gasteiger partial charge in [0, 0.05) is 6.54 Å². The lowest BCUT2D eigenvalue weighted by atomic mass is 9.88. The van der Waals surface area contributed by atoms with E-state index in [9.17, 15) is 4.79 Å². The van der Waals surface area contributed by atoms with Crippen molar-refractivity contribution in [2.24, 2.45) is 11.7 Å². The van der Waals surface area contributed by atoms with E-state index in [1.807, 2.05) is 38.1 Å². The van der Waals surface area contributed by atoms with Gasteiger partial charge in [0.15, 0.2) is 0 Å². The fourth-order valence-corrected chi connectivity index (χ4v) is 1.69. The molecule has 3 N–H and O–H groups in total. The summed E-state index contributed by atoms with van der Waals surface area (Å²) in [6.07, 6.45) is 0.405. The van der Waals surface area contributed by atoms with Gasteiger partial charge in [-0.3, -0.25) is 4.79 Å². The molecule has 0 bridgehead atoms. The first kappa shape index (κ1) is 14.7. The summed E-state index contributed by atoms with van der Waals surface area (Å²) in [5.41, 5.74) is 7.65. The molecule has 0 aromatic heterocycles. The number of amides is 1. The molecule has 1 rings (SSSR count). The fourth-order valence-electron chi connectivity index (χ4n) is 1.69. The SMILES string of the molecule is Cc1ccc(CC(=O)NC(C)(CN)C(C)C)cc1. The molecular weight excluding hydrogens is 224 g/mol. The molecular formula is C15H24N2O. The van der Waals surface area contributed by atoms with Crippen LogP contribution in [0.2, 0.25) is 0 Å². The second kappa shape index (κ2) is 6.01. The van der Waals surface area contributed by atoms with E-state index >= 15 is 0 Å². The van der Waals surface area contributed by atoms with E-state index in [1.54, 1.807) is 0 Å². The zero-order valence-electron chi connectivity index (χ0n) is 11.8. The number of benzene rings is 1. The van der Waals surface area contributed by atoms with E-state index in [4.69, 9.17) is 5.73 Å². The Morgan fingerprint density at radius 2 is 1.89 bits per heavy atom. The molecule has 1 unspecified atom stereocenters. The summed E-state index contributed by atoms with van der Waals surface area (Å²) >= 11 is 0. The molecule has 0 aliphatic carbocycles. The predicted molar refractivity (Wildman–Crippen MR) is 75.3 cm³/mol. The maximum Gasteiger partial charge on any atom is 0.224 e. The smallest absolute Gasteiger partial charge is 0.224 e. The summed E-state index contributed by atoms with van der Waals surface area (Å²) in [6, 6.07) is 8.02. The van der Waals surface area contributed by atoms with E-state index in [0.29, 0.717) is 18.9 Å². The van der Waals surface area contributed by atoms with Gasteiger partial charge in [-0.15, -0.1) is 0 Å². The van der Waals surface area contributed by atoms with Crippen LogP contribution < -0.4 is 11.1 Å². The zero-order valence-corrected chi connectivity index (χ0v) is 11.8. The van der Waals surface area contributed by atoms with Crippen molar-refractivity contribution in [1.82, 2.24) is 5.32 Å². The Bertz CT molecular complexity index is 397. The summed E-state index contributed by atoms with van der Waals surface area (Å²) < 4.78 is 0. The second-order valence-electron chi connectivity index (χ2n) is 5.49. The number of rotatable bonds is 5. The maximum absolute atomic E-state index is 12.0. The first-order valence-electron chi connectivity index (χ1n) is 6.44. The molecule has 0 spiro atoms. The third-order valence-electron chi connectivity index (χ3n) is 3.61. The van der Waals surface area contributed by atoms with Crippen LogP contribution in [0.25, 0.3) is 0 Å². The van der Waals surface area contributed by atoms with Gasteiger partial charge in [-0.25, -0.2) is 0 Å². The number of nitrogens with two attached hydrogens (primary N) is 1. The summed E-state index contributed by atoms with van der Waals surface area (Å²) in [5.74, 6) is 0.338. The Labute approximate surface area is 110 Å². The molecule has 100 valence electrons. The first-order chi connectivity index (χ1) is 8.37. The van der Waals surface area contributed by atoms with Gasteiger partial charge in [0.1, 0.15) is 0 Å². The molecule has 0 saturated carbocycles. The van der Waals surface area contributed by atoms with Crippen LogP contribution in [0, 0.1) is 12.8 Å². The van der Waals surface area contributed by atoms with Gasteiger partial charge in [0.2, 0.25) is 5.91 Å². The van der Waals surface area contributed by atoms with Crippen molar-refractivity contribution in [3.63, 3.8) is 0 Å². The molecule has 0 radical (unpaired) electrons. The van der Waals surface area contributed by atoms with Crippen LogP contribution >= 0.6 is 0 Å². The van der Waals surface area contributed by atoms with Crippen LogP contribution in [0.15, 0.2) is 24.3 Å². The molecule has 0 heterocycles. The molecule has 3 heteroatoms. The predicted octanol–water partition coefficient (Wildman–Crippen LogP) is 2.03. The van der Waals surface area contributed by atoms with Gasteiger partial charge < -0.3 is 11.1 Å².